The fourth-order valence-corrected chi connectivity index (χ4v) is 1.86. The lowest BCUT2D eigenvalue weighted by molar-refractivity contribution is 0.101. The van der Waals surface area contributed by atoms with Crippen molar-refractivity contribution in [2.75, 3.05) is 18.9 Å². The van der Waals surface area contributed by atoms with E-state index >= 15 is 0 Å². The van der Waals surface area contributed by atoms with Gasteiger partial charge in [-0.05, 0) is 35.4 Å². The topological polar surface area (TPSA) is 78.9 Å². The van der Waals surface area contributed by atoms with E-state index in [1.807, 2.05) is 0 Å². The van der Waals surface area contributed by atoms with Crippen LogP contribution in [0.4, 0.5) is 10.1 Å². The fourth-order valence-electron chi connectivity index (χ4n) is 1.86. The van der Waals surface area contributed by atoms with E-state index in [-0.39, 0.29) is 5.82 Å². The molecule has 0 aliphatic rings. The summed E-state index contributed by atoms with van der Waals surface area (Å²) in [5.74, 6) is 0.591. The molecule has 0 aliphatic heterocycles. The molecule has 21 heavy (non-hydrogen) atoms. The minimum atomic E-state index is -0.365. The van der Waals surface area contributed by atoms with Crippen LogP contribution in [0.2, 0.25) is 0 Å². The maximum Gasteiger partial charge on any atom is 0.182 e. The Morgan fingerprint density at radius 1 is 1.38 bits per heavy atom. The summed E-state index contributed by atoms with van der Waals surface area (Å²) in [5, 5.41) is 11.5. The highest BCUT2D eigenvalue weighted by Crippen LogP contribution is 2.24. The third-order valence-electron chi connectivity index (χ3n) is 3.07. The first kappa shape index (κ1) is 15.4. The average Bonchev–Trinajstić information content (AvgIpc) is 2.88. The van der Waals surface area contributed by atoms with Crippen molar-refractivity contribution in [3.63, 3.8) is 0 Å². The van der Waals surface area contributed by atoms with Gasteiger partial charge in [0, 0.05) is 23.4 Å². The van der Waals surface area contributed by atoms with Gasteiger partial charge in [0.1, 0.15) is 5.82 Å². The quantitative estimate of drug-likeness (QED) is 0.651. The predicted octanol–water partition coefficient (Wildman–Crippen LogP) is 2.04. The van der Waals surface area contributed by atoms with Crippen LogP contribution in [0, 0.1) is 18.7 Å². The van der Waals surface area contributed by atoms with Gasteiger partial charge in [0.05, 0.1) is 13.2 Å². The summed E-state index contributed by atoms with van der Waals surface area (Å²) >= 11 is 0. The molecule has 2 rings (SSSR count). The molecule has 6 nitrogen and oxygen atoms in total. The van der Waals surface area contributed by atoms with Gasteiger partial charge in [-0.25, -0.2) is 9.07 Å². The molecule has 2 N–H and O–H groups in total. The number of anilines is 1. The second-order valence-corrected chi connectivity index (χ2v) is 5.37. The van der Waals surface area contributed by atoms with Crippen molar-refractivity contribution in [1.29, 1.82) is 0 Å². The van der Waals surface area contributed by atoms with E-state index in [0.29, 0.717) is 48.3 Å². The molecule has 7 heteroatoms. The fraction of sp³-hybridized carbons (Fsp3) is 0.500. The van der Waals surface area contributed by atoms with Gasteiger partial charge in [0.25, 0.3) is 0 Å². The number of nitrogens with zero attached hydrogens (tertiary/aromatic N) is 4. The van der Waals surface area contributed by atoms with Crippen molar-refractivity contribution in [2.45, 2.75) is 27.3 Å². The zero-order valence-electron chi connectivity index (χ0n) is 12.5. The summed E-state index contributed by atoms with van der Waals surface area (Å²) in [5.41, 5.74) is 7.16. The molecule has 0 amide bonds. The maximum atomic E-state index is 13.8. The van der Waals surface area contributed by atoms with E-state index in [2.05, 4.69) is 29.4 Å². The van der Waals surface area contributed by atoms with E-state index in [9.17, 15) is 4.39 Å². The number of ether oxygens (including phenoxy) is 1. The Bertz CT molecular complexity index is 588. The molecule has 0 saturated carbocycles. The summed E-state index contributed by atoms with van der Waals surface area (Å²) in [4.78, 5) is 0. The molecule has 0 spiro atoms. The zero-order valence-corrected chi connectivity index (χ0v) is 12.5. The van der Waals surface area contributed by atoms with Crippen molar-refractivity contribution < 1.29 is 9.13 Å². The normalized spacial score (nSPS) is 11.3. The minimum Gasteiger partial charge on any atom is -0.398 e. The summed E-state index contributed by atoms with van der Waals surface area (Å²) in [7, 11) is 0. The third-order valence-corrected chi connectivity index (χ3v) is 3.07. The van der Waals surface area contributed by atoms with Gasteiger partial charge in [-0.3, -0.25) is 0 Å². The minimum absolute atomic E-state index is 0.365. The van der Waals surface area contributed by atoms with Crippen molar-refractivity contribution in [2.24, 2.45) is 5.92 Å². The van der Waals surface area contributed by atoms with Crippen LogP contribution < -0.4 is 5.73 Å². The largest absolute Gasteiger partial charge is 0.398 e. The second-order valence-electron chi connectivity index (χ2n) is 5.37. The molecule has 0 atom stereocenters. The Morgan fingerprint density at radius 3 is 2.81 bits per heavy atom. The van der Waals surface area contributed by atoms with Crippen LogP contribution in [0.25, 0.3) is 11.4 Å². The summed E-state index contributed by atoms with van der Waals surface area (Å²) in [6, 6.07) is 3.07. The molecule has 0 bridgehead atoms. The lowest BCUT2D eigenvalue weighted by atomic mass is 10.1. The Hall–Kier alpha value is -2.02. The first-order chi connectivity index (χ1) is 9.99. The van der Waals surface area contributed by atoms with Crippen molar-refractivity contribution in [3.8, 4) is 11.4 Å². The SMILES string of the molecule is Cc1c(N)cc(-c2nnnn2CCOCC(C)C)cc1F. The Balaban J connectivity index is 2.13. The molecular weight excluding hydrogens is 273 g/mol. The molecule has 1 aromatic heterocycles. The standard InChI is InChI=1S/C14H20FN5O/c1-9(2)8-21-5-4-20-14(17-18-19-20)11-6-12(15)10(3)13(16)7-11/h6-7,9H,4-5,8,16H2,1-3H3. The first-order valence-corrected chi connectivity index (χ1v) is 6.89. The molecule has 1 aromatic carbocycles. The number of rotatable bonds is 6. The van der Waals surface area contributed by atoms with Crippen LogP contribution in [-0.2, 0) is 11.3 Å². The molecule has 1 heterocycles. The van der Waals surface area contributed by atoms with Crippen LogP contribution in [0.3, 0.4) is 0 Å². The summed E-state index contributed by atoms with van der Waals surface area (Å²) in [6.07, 6.45) is 0. The molecule has 0 radical (unpaired) electrons. The van der Waals surface area contributed by atoms with Gasteiger partial charge < -0.3 is 10.5 Å². The molecule has 0 fully saturated rings. The highest BCUT2D eigenvalue weighted by atomic mass is 19.1. The number of hydrogen-bond donors (Lipinski definition) is 1. The van der Waals surface area contributed by atoms with Crippen LogP contribution in [0.5, 0.6) is 0 Å². The van der Waals surface area contributed by atoms with Gasteiger partial charge >= 0.3 is 0 Å². The molecule has 2 aromatic rings. The van der Waals surface area contributed by atoms with E-state index in [1.54, 1.807) is 17.7 Å². The highest BCUT2D eigenvalue weighted by Gasteiger charge is 2.12. The highest BCUT2D eigenvalue weighted by molar-refractivity contribution is 5.63. The van der Waals surface area contributed by atoms with Gasteiger partial charge in [-0.1, -0.05) is 13.8 Å². The van der Waals surface area contributed by atoms with E-state index in [0.717, 1.165) is 0 Å². The zero-order chi connectivity index (χ0) is 15.4. The Labute approximate surface area is 123 Å². The van der Waals surface area contributed by atoms with Crippen molar-refractivity contribution >= 4 is 5.69 Å². The maximum absolute atomic E-state index is 13.8. The number of aromatic nitrogens is 4. The van der Waals surface area contributed by atoms with Gasteiger partial charge in [-0.2, -0.15) is 0 Å². The number of tetrazole rings is 1. The summed E-state index contributed by atoms with van der Waals surface area (Å²) < 4.78 is 20.9. The van der Waals surface area contributed by atoms with Crippen LogP contribution in [0.1, 0.15) is 19.4 Å². The van der Waals surface area contributed by atoms with Gasteiger partial charge in [-0.15, -0.1) is 5.10 Å². The Kier molecular flexibility index (Phi) is 4.85. The average molecular weight is 293 g/mol. The number of nitrogens with two attached hydrogens (primary N) is 1. The Morgan fingerprint density at radius 2 is 2.14 bits per heavy atom. The molecule has 0 aliphatic carbocycles. The second kappa shape index (κ2) is 6.62. The number of nitrogen functional groups attached to an aromatic ring is 1. The van der Waals surface area contributed by atoms with Crippen LogP contribution in [0.15, 0.2) is 12.1 Å². The van der Waals surface area contributed by atoms with E-state index < -0.39 is 0 Å². The smallest absolute Gasteiger partial charge is 0.182 e. The number of hydrogen-bond acceptors (Lipinski definition) is 5. The predicted molar refractivity (Wildman–Crippen MR) is 78.0 cm³/mol. The molecule has 0 saturated heterocycles. The monoisotopic (exact) mass is 293 g/mol. The number of halogens is 1. The number of benzene rings is 1. The van der Waals surface area contributed by atoms with E-state index in [1.165, 1.54) is 6.07 Å². The lowest BCUT2D eigenvalue weighted by Crippen LogP contribution is -2.12. The summed E-state index contributed by atoms with van der Waals surface area (Å²) in [6.45, 7) is 7.49. The lowest BCUT2D eigenvalue weighted by Gasteiger charge is -2.09. The van der Waals surface area contributed by atoms with Gasteiger partial charge in [0.2, 0.25) is 0 Å². The van der Waals surface area contributed by atoms with Crippen molar-refractivity contribution in [1.82, 2.24) is 20.2 Å². The van der Waals surface area contributed by atoms with E-state index in [4.69, 9.17) is 10.5 Å². The molecule has 114 valence electrons. The van der Waals surface area contributed by atoms with Gasteiger partial charge in [0.15, 0.2) is 5.82 Å². The molecular formula is C14H20FN5O. The third kappa shape index (κ3) is 3.75. The first-order valence-electron chi connectivity index (χ1n) is 6.89. The van der Waals surface area contributed by atoms with Crippen LogP contribution in [-0.4, -0.2) is 33.4 Å². The van der Waals surface area contributed by atoms with Crippen molar-refractivity contribution in [3.05, 3.63) is 23.5 Å². The molecule has 0 unspecified atom stereocenters. The van der Waals surface area contributed by atoms with Crippen LogP contribution >= 0.6 is 0 Å².